The predicted octanol–water partition coefficient (Wildman–Crippen LogP) is 2.97. The molecule has 110 valence electrons. The van der Waals surface area contributed by atoms with E-state index in [-0.39, 0.29) is 11.1 Å². The van der Waals surface area contributed by atoms with Crippen molar-refractivity contribution in [3.05, 3.63) is 58.6 Å². The zero-order chi connectivity index (χ0) is 15.0. The molecule has 1 heterocycles. The van der Waals surface area contributed by atoms with Gasteiger partial charge in [-0.15, -0.1) is 0 Å². The Balaban J connectivity index is 1.78. The number of nitrogens with zero attached hydrogens (tertiary/aromatic N) is 2. The van der Waals surface area contributed by atoms with Gasteiger partial charge in [-0.3, -0.25) is 4.79 Å². The fourth-order valence-electron chi connectivity index (χ4n) is 2.64. The van der Waals surface area contributed by atoms with Gasteiger partial charge in [0.25, 0.3) is 5.56 Å². The van der Waals surface area contributed by atoms with Crippen LogP contribution >= 0.6 is 0 Å². The molecule has 0 bridgehead atoms. The van der Waals surface area contributed by atoms with E-state index in [9.17, 15) is 4.79 Å². The maximum atomic E-state index is 12.5. The number of nitrogens with one attached hydrogen (secondary N) is 1. The lowest BCUT2D eigenvalue weighted by molar-refractivity contribution is 0.383. The number of hydrogen-bond donors (Lipinski definition) is 1. The molecule has 1 aromatic heterocycles. The predicted molar refractivity (Wildman–Crippen MR) is 84.7 cm³/mol. The lowest BCUT2D eigenvalue weighted by atomic mass is 10.1. The summed E-state index contributed by atoms with van der Waals surface area (Å²) in [5, 5.41) is 3.30. The maximum absolute atomic E-state index is 12.5. The van der Waals surface area contributed by atoms with Crippen LogP contribution in [0.15, 0.2) is 47.5 Å². The highest BCUT2D eigenvalue weighted by Crippen LogP contribution is 2.42. The molecule has 0 saturated heterocycles. The van der Waals surface area contributed by atoms with Gasteiger partial charge in [-0.25, -0.2) is 4.98 Å². The Hall–Kier alpha value is -2.10. The first kappa shape index (κ1) is 13.9. The molecule has 1 N–H and O–H groups in total. The second-order valence-corrected chi connectivity index (χ2v) is 6.63. The molecular formula is C17H21N3O. The quantitative estimate of drug-likeness (QED) is 0.942. The highest BCUT2D eigenvalue weighted by atomic mass is 16.1. The van der Waals surface area contributed by atoms with Crippen molar-refractivity contribution in [2.24, 2.45) is 0 Å². The summed E-state index contributed by atoms with van der Waals surface area (Å²) in [6.07, 6.45) is 4.49. The normalized spacial score (nSPS) is 21.1. The van der Waals surface area contributed by atoms with Gasteiger partial charge in [0.1, 0.15) is 0 Å². The van der Waals surface area contributed by atoms with Crippen molar-refractivity contribution in [1.82, 2.24) is 9.55 Å². The number of anilines is 1. The van der Waals surface area contributed by atoms with E-state index in [1.165, 1.54) is 5.56 Å². The van der Waals surface area contributed by atoms with Crippen LogP contribution in [0, 0.1) is 0 Å². The van der Waals surface area contributed by atoms with Crippen LogP contribution in [0.2, 0.25) is 0 Å². The van der Waals surface area contributed by atoms with Crippen LogP contribution in [0.25, 0.3) is 0 Å². The van der Waals surface area contributed by atoms with E-state index in [1.54, 1.807) is 17.0 Å². The van der Waals surface area contributed by atoms with Crippen LogP contribution in [0.3, 0.4) is 0 Å². The van der Waals surface area contributed by atoms with Gasteiger partial charge in [-0.05, 0) is 32.8 Å². The largest absolute Gasteiger partial charge is 0.362 e. The molecule has 1 aliphatic carbocycles. The zero-order valence-electron chi connectivity index (χ0n) is 12.7. The van der Waals surface area contributed by atoms with Crippen molar-refractivity contribution >= 4 is 5.82 Å². The Morgan fingerprint density at radius 3 is 2.62 bits per heavy atom. The van der Waals surface area contributed by atoms with Gasteiger partial charge in [0.05, 0.1) is 0 Å². The smallest absolute Gasteiger partial charge is 0.293 e. The molecule has 3 rings (SSSR count). The van der Waals surface area contributed by atoms with E-state index in [2.05, 4.69) is 34.6 Å². The minimum atomic E-state index is -0.237. The summed E-state index contributed by atoms with van der Waals surface area (Å²) >= 11 is 0. The fraction of sp³-hybridized carbons (Fsp3) is 0.412. The van der Waals surface area contributed by atoms with Crippen LogP contribution in [-0.2, 0) is 5.54 Å². The summed E-state index contributed by atoms with van der Waals surface area (Å²) in [7, 11) is 0. The fourth-order valence-corrected chi connectivity index (χ4v) is 2.64. The summed E-state index contributed by atoms with van der Waals surface area (Å²) in [6.45, 7) is 6.05. The molecule has 2 unspecified atom stereocenters. The van der Waals surface area contributed by atoms with Crippen molar-refractivity contribution in [3.63, 3.8) is 0 Å². The Morgan fingerprint density at radius 2 is 1.95 bits per heavy atom. The topological polar surface area (TPSA) is 46.9 Å². The van der Waals surface area contributed by atoms with Crippen molar-refractivity contribution in [3.8, 4) is 0 Å². The third-order valence-corrected chi connectivity index (χ3v) is 3.90. The van der Waals surface area contributed by atoms with Crippen LogP contribution in [-0.4, -0.2) is 15.6 Å². The van der Waals surface area contributed by atoms with E-state index in [0.29, 0.717) is 17.8 Å². The summed E-state index contributed by atoms with van der Waals surface area (Å²) in [6, 6.07) is 10.7. The van der Waals surface area contributed by atoms with Gasteiger partial charge >= 0.3 is 0 Å². The van der Waals surface area contributed by atoms with E-state index in [4.69, 9.17) is 0 Å². The number of rotatable bonds is 3. The Morgan fingerprint density at radius 1 is 1.24 bits per heavy atom. The third-order valence-electron chi connectivity index (χ3n) is 3.90. The van der Waals surface area contributed by atoms with E-state index in [0.717, 1.165) is 6.42 Å². The number of hydrogen-bond acceptors (Lipinski definition) is 3. The summed E-state index contributed by atoms with van der Waals surface area (Å²) in [5.74, 6) is 0.937. The molecule has 0 amide bonds. The summed E-state index contributed by atoms with van der Waals surface area (Å²) in [5.41, 5.74) is 1.03. The Kier molecular flexibility index (Phi) is 3.32. The number of aromatic nitrogens is 2. The Labute approximate surface area is 124 Å². The summed E-state index contributed by atoms with van der Waals surface area (Å²) < 4.78 is 1.72. The molecule has 0 spiro atoms. The first-order chi connectivity index (χ1) is 9.97. The second kappa shape index (κ2) is 5.02. The average molecular weight is 283 g/mol. The van der Waals surface area contributed by atoms with Gasteiger partial charge in [-0.1, -0.05) is 30.3 Å². The molecule has 4 heteroatoms. The van der Waals surface area contributed by atoms with Crippen LogP contribution < -0.4 is 10.9 Å². The van der Waals surface area contributed by atoms with E-state index in [1.807, 2.05) is 26.8 Å². The minimum absolute atomic E-state index is 0.0521. The van der Waals surface area contributed by atoms with Crippen molar-refractivity contribution in [2.45, 2.75) is 44.7 Å². The van der Waals surface area contributed by atoms with Crippen LogP contribution in [0.1, 0.15) is 38.7 Å². The lowest BCUT2D eigenvalue weighted by Gasteiger charge is -2.22. The number of benzene rings is 1. The van der Waals surface area contributed by atoms with Gasteiger partial charge in [0, 0.05) is 29.9 Å². The maximum Gasteiger partial charge on any atom is 0.293 e. The molecule has 2 atom stereocenters. The molecule has 0 aliphatic heterocycles. The molecule has 1 fully saturated rings. The van der Waals surface area contributed by atoms with Gasteiger partial charge < -0.3 is 9.88 Å². The van der Waals surface area contributed by atoms with Crippen molar-refractivity contribution in [2.75, 3.05) is 5.32 Å². The zero-order valence-corrected chi connectivity index (χ0v) is 12.7. The summed E-state index contributed by atoms with van der Waals surface area (Å²) in [4.78, 5) is 16.7. The van der Waals surface area contributed by atoms with Gasteiger partial charge in [0.2, 0.25) is 0 Å². The SMILES string of the molecule is CC(C)(C)n1ccnc(NC2CC2c2ccccc2)c1=O. The van der Waals surface area contributed by atoms with Gasteiger partial charge in [-0.2, -0.15) is 0 Å². The van der Waals surface area contributed by atoms with Gasteiger partial charge in [0.15, 0.2) is 5.82 Å². The molecule has 1 saturated carbocycles. The van der Waals surface area contributed by atoms with Crippen LogP contribution in [0.4, 0.5) is 5.82 Å². The molecule has 2 aromatic rings. The first-order valence-electron chi connectivity index (χ1n) is 7.36. The monoisotopic (exact) mass is 283 g/mol. The Bertz CT molecular complexity index is 685. The third kappa shape index (κ3) is 2.84. The van der Waals surface area contributed by atoms with Crippen LogP contribution in [0.5, 0.6) is 0 Å². The van der Waals surface area contributed by atoms with E-state index >= 15 is 0 Å². The van der Waals surface area contributed by atoms with E-state index < -0.39 is 0 Å². The molecule has 1 aliphatic rings. The highest BCUT2D eigenvalue weighted by molar-refractivity contribution is 5.40. The molecule has 0 radical (unpaired) electrons. The standard InChI is InChI=1S/C17H21N3O/c1-17(2,3)20-10-9-18-15(16(20)21)19-14-11-13(14)12-7-5-4-6-8-12/h4-10,13-14H,11H2,1-3H3,(H,18,19). The first-order valence-corrected chi connectivity index (χ1v) is 7.36. The van der Waals surface area contributed by atoms with Crippen molar-refractivity contribution < 1.29 is 0 Å². The molecule has 1 aromatic carbocycles. The van der Waals surface area contributed by atoms with Crippen molar-refractivity contribution in [1.29, 1.82) is 0 Å². The second-order valence-electron chi connectivity index (χ2n) is 6.63. The molecule has 4 nitrogen and oxygen atoms in total. The molecular weight excluding hydrogens is 262 g/mol. The molecule has 21 heavy (non-hydrogen) atoms. The lowest BCUT2D eigenvalue weighted by Crippen LogP contribution is -2.35. The average Bonchev–Trinajstić information content (AvgIpc) is 3.20. The minimum Gasteiger partial charge on any atom is -0.362 e. The highest BCUT2D eigenvalue weighted by Gasteiger charge is 2.39.